The number of nitriles is 2. The molecule has 2 aromatic carbocycles. The molecule has 0 aliphatic heterocycles. The summed E-state index contributed by atoms with van der Waals surface area (Å²) in [4.78, 5) is 0.798. The molecule has 2 rings (SSSR count). The molecule has 4 N–H and O–H groups in total. The zero-order chi connectivity index (χ0) is 20.0. The zero-order valence-corrected chi connectivity index (χ0v) is 14.3. The van der Waals surface area contributed by atoms with Gasteiger partial charge >= 0.3 is 6.18 Å². The Morgan fingerprint density at radius 2 is 1.93 bits per heavy atom. The number of amidine groups is 1. The van der Waals surface area contributed by atoms with Gasteiger partial charge in [-0.1, -0.05) is 17.8 Å². The Balaban J connectivity index is 2.39. The van der Waals surface area contributed by atoms with E-state index in [4.69, 9.17) is 21.7 Å². The molecule has 0 fully saturated rings. The van der Waals surface area contributed by atoms with Crippen LogP contribution in [0.5, 0.6) is 0 Å². The lowest BCUT2D eigenvalue weighted by Gasteiger charge is -2.11. The fraction of sp³-hybridized carbons (Fsp3) is 0.0588. The van der Waals surface area contributed by atoms with Crippen molar-refractivity contribution < 1.29 is 13.2 Å². The van der Waals surface area contributed by atoms with E-state index in [1.807, 2.05) is 6.07 Å². The number of nitrogens with one attached hydrogen (secondary N) is 2. The highest BCUT2D eigenvalue weighted by Gasteiger charge is 2.30. The first-order valence-electron chi connectivity index (χ1n) is 7.22. The normalized spacial score (nSPS) is 11.4. The van der Waals surface area contributed by atoms with Gasteiger partial charge in [0, 0.05) is 9.79 Å². The van der Waals surface area contributed by atoms with Crippen LogP contribution in [0.1, 0.15) is 11.1 Å². The van der Waals surface area contributed by atoms with Gasteiger partial charge in [-0.3, -0.25) is 10.8 Å². The number of nitrogens with zero attached hydrogens (tertiary/aromatic N) is 3. The monoisotopic (exact) mass is 388 g/mol. The molecule has 0 radical (unpaired) electrons. The first-order chi connectivity index (χ1) is 12.7. The highest BCUT2D eigenvalue weighted by molar-refractivity contribution is 7.99. The van der Waals surface area contributed by atoms with E-state index in [2.05, 4.69) is 10.5 Å². The Kier molecular flexibility index (Phi) is 6.06. The summed E-state index contributed by atoms with van der Waals surface area (Å²) in [6.45, 7) is 0. The molecule has 0 saturated carbocycles. The van der Waals surface area contributed by atoms with Crippen molar-refractivity contribution in [1.82, 2.24) is 0 Å². The summed E-state index contributed by atoms with van der Waals surface area (Å²) < 4.78 is 38.6. The third kappa shape index (κ3) is 5.23. The molecule has 0 atom stereocenters. The van der Waals surface area contributed by atoms with Crippen molar-refractivity contribution in [1.29, 1.82) is 15.9 Å². The van der Waals surface area contributed by atoms with Crippen LogP contribution in [0, 0.1) is 28.1 Å². The first-order valence-corrected chi connectivity index (χ1v) is 8.03. The van der Waals surface area contributed by atoms with Gasteiger partial charge in [-0.25, -0.2) is 0 Å². The van der Waals surface area contributed by atoms with Gasteiger partial charge in [-0.2, -0.15) is 28.8 Å². The van der Waals surface area contributed by atoms with Gasteiger partial charge in [0.25, 0.3) is 0 Å². The maximum absolute atomic E-state index is 12.9. The van der Waals surface area contributed by atoms with Gasteiger partial charge in [0.15, 0.2) is 5.84 Å². The number of hydrogen-bond acceptors (Lipinski definition) is 6. The molecule has 6 nitrogen and oxygen atoms in total. The average Bonchev–Trinajstić information content (AvgIpc) is 2.62. The number of nitrogens with two attached hydrogens (primary N) is 1. The van der Waals surface area contributed by atoms with E-state index in [0.717, 1.165) is 23.9 Å². The van der Waals surface area contributed by atoms with Crippen LogP contribution in [0.25, 0.3) is 0 Å². The van der Waals surface area contributed by atoms with Crippen LogP contribution in [0.4, 0.5) is 18.9 Å². The average molecular weight is 388 g/mol. The number of halogens is 3. The second-order valence-corrected chi connectivity index (χ2v) is 6.16. The van der Waals surface area contributed by atoms with Crippen molar-refractivity contribution in [2.45, 2.75) is 16.0 Å². The van der Waals surface area contributed by atoms with E-state index in [1.54, 1.807) is 12.1 Å². The number of alkyl halides is 3. The minimum atomic E-state index is -4.46. The van der Waals surface area contributed by atoms with Gasteiger partial charge in [0.1, 0.15) is 6.07 Å². The second-order valence-electron chi connectivity index (χ2n) is 5.05. The zero-order valence-electron chi connectivity index (χ0n) is 13.5. The molecule has 2 aromatic rings. The van der Waals surface area contributed by atoms with Gasteiger partial charge in [0.2, 0.25) is 5.71 Å². The molecular formula is C17H11F3N6S. The second kappa shape index (κ2) is 8.25. The quantitative estimate of drug-likeness (QED) is 0.407. The predicted molar refractivity (Wildman–Crippen MR) is 95.3 cm³/mol. The lowest BCUT2D eigenvalue weighted by atomic mass is 10.2. The summed E-state index contributed by atoms with van der Waals surface area (Å²) in [6.07, 6.45) is -4.46. The Bertz CT molecular complexity index is 985. The van der Waals surface area contributed by atoms with Crippen LogP contribution in [0.2, 0.25) is 0 Å². The predicted octanol–water partition coefficient (Wildman–Crippen LogP) is 3.96. The van der Waals surface area contributed by atoms with E-state index in [9.17, 15) is 13.2 Å². The van der Waals surface area contributed by atoms with Gasteiger partial charge in [-0.05, 0) is 36.4 Å². The number of hydrogen-bond donors (Lipinski definition) is 3. The fourth-order valence-corrected chi connectivity index (χ4v) is 2.84. The van der Waals surface area contributed by atoms with Crippen molar-refractivity contribution in [3.05, 3.63) is 53.6 Å². The van der Waals surface area contributed by atoms with Crippen LogP contribution >= 0.6 is 11.8 Å². The molecule has 27 heavy (non-hydrogen) atoms. The molecule has 0 aliphatic rings. The van der Waals surface area contributed by atoms with Crippen LogP contribution in [-0.2, 0) is 6.18 Å². The maximum atomic E-state index is 12.9. The third-order valence-electron chi connectivity index (χ3n) is 3.15. The third-order valence-corrected chi connectivity index (χ3v) is 4.21. The Morgan fingerprint density at radius 1 is 1.19 bits per heavy atom. The largest absolute Gasteiger partial charge is 0.416 e. The van der Waals surface area contributed by atoms with Crippen molar-refractivity contribution in [2.75, 3.05) is 5.43 Å². The number of anilines is 1. The maximum Gasteiger partial charge on any atom is 0.416 e. The lowest BCUT2D eigenvalue weighted by Crippen LogP contribution is -2.21. The Morgan fingerprint density at radius 3 is 2.52 bits per heavy atom. The molecule has 10 heteroatoms. The van der Waals surface area contributed by atoms with Crippen LogP contribution < -0.4 is 11.2 Å². The fourth-order valence-electron chi connectivity index (χ4n) is 1.90. The minimum absolute atomic E-state index is 0.280. The summed E-state index contributed by atoms with van der Waals surface area (Å²) in [7, 11) is 0. The Hall–Kier alpha value is -3.50. The van der Waals surface area contributed by atoms with E-state index < -0.39 is 17.6 Å². The number of benzene rings is 2. The van der Waals surface area contributed by atoms with E-state index in [-0.39, 0.29) is 17.0 Å². The summed E-state index contributed by atoms with van der Waals surface area (Å²) in [5.74, 6) is -0.548. The molecule has 0 bridgehead atoms. The molecule has 0 spiro atoms. The van der Waals surface area contributed by atoms with Gasteiger partial charge < -0.3 is 5.73 Å². The van der Waals surface area contributed by atoms with E-state index in [0.29, 0.717) is 9.79 Å². The topological polar surface area (TPSA) is 122 Å². The number of hydrazone groups is 1. The highest BCUT2D eigenvalue weighted by Crippen LogP contribution is 2.37. The van der Waals surface area contributed by atoms with E-state index >= 15 is 0 Å². The van der Waals surface area contributed by atoms with E-state index in [1.165, 1.54) is 24.3 Å². The molecule has 136 valence electrons. The highest BCUT2D eigenvalue weighted by atomic mass is 32.2. The van der Waals surface area contributed by atoms with Gasteiger partial charge in [-0.15, -0.1) is 0 Å². The van der Waals surface area contributed by atoms with Crippen molar-refractivity contribution in [3.8, 4) is 12.1 Å². The van der Waals surface area contributed by atoms with Crippen molar-refractivity contribution in [3.63, 3.8) is 0 Å². The Labute approximate surface area is 156 Å². The molecule has 0 amide bonds. The molecule has 0 aromatic heterocycles. The summed E-state index contributed by atoms with van der Waals surface area (Å²) in [5, 5.41) is 28.8. The lowest BCUT2D eigenvalue weighted by molar-refractivity contribution is -0.137. The summed E-state index contributed by atoms with van der Waals surface area (Å²) >= 11 is 1.02. The molecule has 0 unspecified atom stereocenters. The first kappa shape index (κ1) is 19.8. The smallest absolute Gasteiger partial charge is 0.382 e. The molecular weight excluding hydrogens is 377 g/mol. The van der Waals surface area contributed by atoms with Crippen molar-refractivity contribution in [2.24, 2.45) is 10.8 Å². The number of rotatable bonds is 5. The van der Waals surface area contributed by atoms with Crippen molar-refractivity contribution >= 4 is 29.0 Å². The minimum Gasteiger partial charge on any atom is -0.382 e. The standard InChI is InChI=1S/C17H11F3N6S/c18-17(19,20)11-2-1-3-12(7-11)27-15-5-4-10(8-21)6-13(15)25-26-14(9-22)16(23)24/h1-7,25H,(H3,23,24)/b26-14+. The van der Waals surface area contributed by atoms with Gasteiger partial charge in [0.05, 0.1) is 22.9 Å². The van der Waals surface area contributed by atoms with Crippen LogP contribution in [-0.4, -0.2) is 11.5 Å². The molecule has 0 heterocycles. The molecule has 0 saturated heterocycles. The van der Waals surface area contributed by atoms with Crippen LogP contribution in [0.15, 0.2) is 57.4 Å². The molecule has 0 aliphatic carbocycles. The SMILES string of the molecule is N#C/C(=N\Nc1cc(C#N)ccc1Sc1cccc(C(F)(F)F)c1)C(=N)N. The van der Waals surface area contributed by atoms with Crippen LogP contribution in [0.3, 0.4) is 0 Å². The summed E-state index contributed by atoms with van der Waals surface area (Å²) in [6, 6.07) is 12.8. The summed E-state index contributed by atoms with van der Waals surface area (Å²) in [5.41, 5.74) is 7.16.